The molecule has 0 aromatic heterocycles. The Hall–Kier alpha value is -1.61. The maximum Gasteiger partial charge on any atom is 0.341 e. The monoisotopic (exact) mass is 273 g/mol. The number of halogens is 2. The van der Waals surface area contributed by atoms with Crippen molar-refractivity contribution in [2.45, 2.75) is 0 Å². The van der Waals surface area contributed by atoms with Crippen molar-refractivity contribution in [2.24, 2.45) is 0 Å². The van der Waals surface area contributed by atoms with Gasteiger partial charge >= 0.3 is 5.97 Å². The molecule has 0 heterocycles. The standard InChI is InChI=1S/C9H5BrFNO3/c10-6-1-5(3-12)2-7(11)9(6)15-4-8(13)14/h1-2H,4H2,(H,13,14). The number of hydrogen-bond donors (Lipinski definition) is 1. The van der Waals surface area contributed by atoms with Crippen LogP contribution in [0.15, 0.2) is 16.6 Å². The zero-order chi connectivity index (χ0) is 11.4. The number of carboxylic acids is 1. The molecule has 0 atom stereocenters. The molecular formula is C9H5BrFNO3. The minimum atomic E-state index is -1.20. The SMILES string of the molecule is N#Cc1cc(F)c(OCC(=O)O)c(Br)c1. The van der Waals surface area contributed by atoms with Gasteiger partial charge in [0.05, 0.1) is 16.1 Å². The lowest BCUT2D eigenvalue weighted by molar-refractivity contribution is -0.139. The second-order valence-corrected chi connectivity index (χ2v) is 3.42. The summed E-state index contributed by atoms with van der Waals surface area (Å²) in [5.41, 5.74) is 0.127. The topological polar surface area (TPSA) is 70.3 Å². The first kappa shape index (κ1) is 11.5. The van der Waals surface area contributed by atoms with Crippen molar-refractivity contribution in [3.05, 3.63) is 28.0 Å². The van der Waals surface area contributed by atoms with Crippen LogP contribution in [0.4, 0.5) is 4.39 Å². The quantitative estimate of drug-likeness (QED) is 0.914. The van der Waals surface area contributed by atoms with Crippen LogP contribution >= 0.6 is 15.9 Å². The van der Waals surface area contributed by atoms with E-state index >= 15 is 0 Å². The Morgan fingerprint density at radius 3 is 2.80 bits per heavy atom. The van der Waals surface area contributed by atoms with Gasteiger partial charge < -0.3 is 9.84 Å². The highest BCUT2D eigenvalue weighted by Gasteiger charge is 2.12. The van der Waals surface area contributed by atoms with Crippen molar-refractivity contribution in [2.75, 3.05) is 6.61 Å². The van der Waals surface area contributed by atoms with E-state index in [9.17, 15) is 9.18 Å². The predicted molar refractivity (Wildman–Crippen MR) is 51.9 cm³/mol. The molecule has 0 fully saturated rings. The van der Waals surface area contributed by atoms with Gasteiger partial charge in [-0.25, -0.2) is 9.18 Å². The van der Waals surface area contributed by atoms with E-state index in [1.807, 2.05) is 0 Å². The Balaban J connectivity index is 2.99. The fraction of sp³-hybridized carbons (Fsp3) is 0.111. The second kappa shape index (κ2) is 4.75. The van der Waals surface area contributed by atoms with Crippen molar-refractivity contribution in [3.63, 3.8) is 0 Å². The smallest absolute Gasteiger partial charge is 0.341 e. The summed E-state index contributed by atoms with van der Waals surface area (Å²) in [6, 6.07) is 4.08. The Labute approximate surface area is 93.0 Å². The summed E-state index contributed by atoms with van der Waals surface area (Å²) in [6.45, 7) is -0.637. The van der Waals surface area contributed by atoms with Crippen LogP contribution in [0.3, 0.4) is 0 Å². The van der Waals surface area contributed by atoms with Crippen LogP contribution in [0.2, 0.25) is 0 Å². The lowest BCUT2D eigenvalue weighted by Gasteiger charge is -2.06. The maximum absolute atomic E-state index is 13.2. The minimum Gasteiger partial charge on any atom is -0.479 e. The first-order valence-electron chi connectivity index (χ1n) is 3.78. The van der Waals surface area contributed by atoms with Gasteiger partial charge in [-0.15, -0.1) is 0 Å². The molecule has 0 spiro atoms. The van der Waals surface area contributed by atoms with Gasteiger partial charge in [0.2, 0.25) is 0 Å². The molecule has 0 bridgehead atoms. The van der Waals surface area contributed by atoms with Gasteiger partial charge in [-0.2, -0.15) is 5.26 Å². The van der Waals surface area contributed by atoms with Crippen molar-refractivity contribution < 1.29 is 19.0 Å². The molecule has 6 heteroatoms. The number of rotatable bonds is 3. The molecule has 1 aromatic carbocycles. The van der Waals surface area contributed by atoms with Crippen LogP contribution in [0.5, 0.6) is 5.75 Å². The third kappa shape index (κ3) is 2.92. The van der Waals surface area contributed by atoms with Crippen molar-refractivity contribution in [1.82, 2.24) is 0 Å². The number of ether oxygens (including phenoxy) is 1. The highest BCUT2D eigenvalue weighted by atomic mass is 79.9. The average molecular weight is 274 g/mol. The number of carboxylic acid groups (broad SMARTS) is 1. The highest BCUT2D eigenvalue weighted by molar-refractivity contribution is 9.10. The molecule has 1 aromatic rings. The molecule has 15 heavy (non-hydrogen) atoms. The summed E-state index contributed by atoms with van der Waals surface area (Å²) in [4.78, 5) is 10.2. The first-order valence-corrected chi connectivity index (χ1v) is 4.57. The van der Waals surface area contributed by atoms with E-state index in [0.717, 1.165) is 6.07 Å². The molecule has 1 rings (SSSR count). The van der Waals surface area contributed by atoms with E-state index < -0.39 is 18.4 Å². The summed E-state index contributed by atoms with van der Waals surface area (Å²) in [7, 11) is 0. The van der Waals surface area contributed by atoms with Crippen LogP contribution in [0.1, 0.15) is 5.56 Å². The third-order valence-corrected chi connectivity index (χ3v) is 2.06. The molecule has 0 unspecified atom stereocenters. The van der Waals surface area contributed by atoms with Crippen LogP contribution < -0.4 is 4.74 Å². The van der Waals surface area contributed by atoms with Crippen LogP contribution in [-0.2, 0) is 4.79 Å². The van der Waals surface area contributed by atoms with E-state index in [0.29, 0.717) is 0 Å². The Morgan fingerprint density at radius 1 is 1.67 bits per heavy atom. The normalized spacial score (nSPS) is 9.40. The Kier molecular flexibility index (Phi) is 3.63. The number of aliphatic carboxylic acids is 1. The summed E-state index contributed by atoms with van der Waals surface area (Å²) in [5, 5.41) is 16.9. The van der Waals surface area contributed by atoms with Gasteiger partial charge in [-0.05, 0) is 28.1 Å². The predicted octanol–water partition coefficient (Wildman–Crippen LogP) is 1.92. The molecule has 1 N–H and O–H groups in total. The van der Waals surface area contributed by atoms with E-state index in [4.69, 9.17) is 15.1 Å². The summed E-state index contributed by atoms with van der Waals surface area (Å²) < 4.78 is 18.2. The van der Waals surface area contributed by atoms with Gasteiger partial charge in [-0.1, -0.05) is 0 Å². The fourth-order valence-corrected chi connectivity index (χ4v) is 1.45. The number of benzene rings is 1. The van der Waals surface area contributed by atoms with Crippen LogP contribution in [-0.4, -0.2) is 17.7 Å². The van der Waals surface area contributed by atoms with Gasteiger partial charge in [0.1, 0.15) is 0 Å². The number of nitriles is 1. The van der Waals surface area contributed by atoms with Gasteiger partial charge in [0.15, 0.2) is 18.2 Å². The number of carbonyl (C=O) groups is 1. The highest BCUT2D eigenvalue weighted by Crippen LogP contribution is 2.29. The zero-order valence-corrected chi connectivity index (χ0v) is 8.91. The maximum atomic E-state index is 13.2. The van der Waals surface area contributed by atoms with Gasteiger partial charge in [0, 0.05) is 0 Å². The fourth-order valence-electron chi connectivity index (χ4n) is 0.896. The molecular weight excluding hydrogens is 269 g/mol. The lowest BCUT2D eigenvalue weighted by Crippen LogP contribution is -2.10. The van der Waals surface area contributed by atoms with Crippen LogP contribution in [0, 0.1) is 17.1 Å². The summed E-state index contributed by atoms with van der Waals surface area (Å²) in [6.07, 6.45) is 0. The molecule has 0 radical (unpaired) electrons. The molecule has 0 aliphatic rings. The number of nitrogens with zero attached hydrogens (tertiary/aromatic N) is 1. The molecule has 0 saturated carbocycles. The molecule has 78 valence electrons. The summed E-state index contributed by atoms with van der Waals surface area (Å²) in [5.74, 6) is -2.19. The second-order valence-electron chi connectivity index (χ2n) is 2.56. The largest absolute Gasteiger partial charge is 0.479 e. The van der Waals surface area contributed by atoms with Gasteiger partial charge in [-0.3, -0.25) is 0 Å². The summed E-state index contributed by atoms with van der Waals surface area (Å²) >= 11 is 2.98. The number of hydrogen-bond acceptors (Lipinski definition) is 3. The van der Waals surface area contributed by atoms with E-state index in [1.165, 1.54) is 6.07 Å². The van der Waals surface area contributed by atoms with Gasteiger partial charge in [0.25, 0.3) is 0 Å². The average Bonchev–Trinajstić information content (AvgIpc) is 2.15. The molecule has 0 saturated heterocycles. The zero-order valence-electron chi connectivity index (χ0n) is 7.33. The van der Waals surface area contributed by atoms with Crippen molar-refractivity contribution >= 4 is 21.9 Å². The van der Waals surface area contributed by atoms with E-state index in [1.54, 1.807) is 6.07 Å². The minimum absolute atomic E-state index is 0.127. The Morgan fingerprint density at radius 2 is 2.33 bits per heavy atom. The molecule has 0 aliphatic carbocycles. The first-order chi connectivity index (χ1) is 7.04. The van der Waals surface area contributed by atoms with E-state index in [2.05, 4.69) is 15.9 Å². The molecule has 0 aliphatic heterocycles. The lowest BCUT2D eigenvalue weighted by atomic mass is 10.2. The van der Waals surface area contributed by atoms with Crippen molar-refractivity contribution in [3.8, 4) is 11.8 Å². The van der Waals surface area contributed by atoms with E-state index in [-0.39, 0.29) is 15.8 Å². The van der Waals surface area contributed by atoms with Crippen molar-refractivity contribution in [1.29, 1.82) is 5.26 Å². The third-order valence-electron chi connectivity index (χ3n) is 1.47. The molecule has 0 amide bonds. The Bertz CT molecular complexity index is 418. The molecule has 4 nitrogen and oxygen atoms in total. The van der Waals surface area contributed by atoms with Crippen LogP contribution in [0.25, 0.3) is 0 Å².